The number of aromatic nitrogens is 2. The maximum atomic E-state index is 14.2. The fourth-order valence-corrected chi connectivity index (χ4v) is 8.77. The number of benzene rings is 1. The highest BCUT2D eigenvalue weighted by Crippen LogP contribution is 2.37. The number of likely N-dealkylation sites (tertiary alicyclic amines) is 3. The summed E-state index contributed by atoms with van der Waals surface area (Å²) in [6.07, 6.45) is -1.62. The van der Waals surface area contributed by atoms with Crippen LogP contribution in [-0.2, 0) is 51.8 Å². The van der Waals surface area contributed by atoms with Crippen LogP contribution in [0.3, 0.4) is 0 Å². The molecule has 2 aromatic rings. The van der Waals surface area contributed by atoms with Crippen molar-refractivity contribution < 1.29 is 46.2 Å². The van der Waals surface area contributed by atoms with Crippen LogP contribution in [0.2, 0.25) is 0 Å². The number of hydrogen-bond donors (Lipinski definition) is 3. The number of hydrogen-bond acceptors (Lipinski definition) is 8. The van der Waals surface area contributed by atoms with Crippen molar-refractivity contribution in [1.82, 2.24) is 34.1 Å². The normalized spacial score (nSPS) is 20.7. The quantitative estimate of drug-likeness (QED) is 0.330. The van der Waals surface area contributed by atoms with Gasteiger partial charge in [0, 0.05) is 101 Å². The molecule has 1 aromatic heterocycles. The average Bonchev–Trinajstić information content (AvgIpc) is 3.69. The highest BCUT2D eigenvalue weighted by molar-refractivity contribution is 7.88. The minimum atomic E-state index is -4.72. The van der Waals surface area contributed by atoms with Crippen molar-refractivity contribution in [2.45, 2.75) is 82.9 Å². The number of carbonyl (C=O) groups is 3. The molecular weight excluding hydrogens is 707 g/mol. The van der Waals surface area contributed by atoms with E-state index in [1.54, 1.807) is 4.68 Å². The summed E-state index contributed by atoms with van der Waals surface area (Å²) < 4.78 is 70.6. The molecule has 0 aliphatic carbocycles. The lowest BCUT2D eigenvalue weighted by Gasteiger charge is -2.37. The smallest absolute Gasteiger partial charge is 0.416 e. The van der Waals surface area contributed by atoms with E-state index in [-0.39, 0.29) is 63.1 Å². The van der Waals surface area contributed by atoms with Crippen LogP contribution in [0.4, 0.5) is 18.0 Å². The van der Waals surface area contributed by atoms with Gasteiger partial charge < -0.3 is 30.2 Å². The number of nitrogens with zero attached hydrogens (tertiary/aromatic N) is 6. The SMILES string of the molecule is CS(=O)(=O)N1CCc2c(c(-c3ccc(C(F)(F)F)c(CNC(=O)C4CCN(C(=O)O)CC4)c3)nn2CC(O)CN2CCC(N3CCCC3=O)CC2)C1. The molecule has 1 aromatic carbocycles. The summed E-state index contributed by atoms with van der Waals surface area (Å²) in [7, 11) is -3.60. The number of amides is 3. The zero-order valence-corrected chi connectivity index (χ0v) is 30.0. The number of halogens is 3. The average molecular weight is 754 g/mol. The molecule has 52 heavy (non-hydrogen) atoms. The first kappa shape index (κ1) is 38.0. The van der Waals surface area contributed by atoms with Gasteiger partial charge in [-0.2, -0.15) is 22.6 Å². The van der Waals surface area contributed by atoms with E-state index < -0.39 is 52.3 Å². The Morgan fingerprint density at radius 3 is 2.35 bits per heavy atom. The first-order chi connectivity index (χ1) is 24.6. The first-order valence-corrected chi connectivity index (χ1v) is 19.6. The molecular formula is C34H46F3N7O7S. The minimum Gasteiger partial charge on any atom is -0.465 e. The van der Waals surface area contributed by atoms with Gasteiger partial charge in [0.25, 0.3) is 0 Å². The summed E-state index contributed by atoms with van der Waals surface area (Å²) >= 11 is 0. The van der Waals surface area contributed by atoms with Crippen LogP contribution in [0.25, 0.3) is 11.3 Å². The van der Waals surface area contributed by atoms with Crippen molar-refractivity contribution in [3.05, 3.63) is 40.6 Å². The summed E-state index contributed by atoms with van der Waals surface area (Å²) in [5, 5.41) is 27.8. The zero-order chi connectivity index (χ0) is 37.4. The molecule has 4 aliphatic heterocycles. The summed E-state index contributed by atoms with van der Waals surface area (Å²) in [6.45, 7) is 2.73. The molecule has 3 saturated heterocycles. The van der Waals surface area contributed by atoms with Crippen molar-refractivity contribution in [1.29, 1.82) is 0 Å². The highest BCUT2D eigenvalue weighted by atomic mass is 32.2. The number of sulfonamides is 1. The number of β-amino-alcohol motifs (C(OH)–C–C–N with tert-alkyl or cyclic N) is 1. The second kappa shape index (κ2) is 15.3. The summed E-state index contributed by atoms with van der Waals surface area (Å²) in [4.78, 5) is 41.7. The maximum absolute atomic E-state index is 14.2. The molecule has 0 saturated carbocycles. The third-order valence-electron chi connectivity index (χ3n) is 10.8. The van der Waals surface area contributed by atoms with Gasteiger partial charge in [0.05, 0.1) is 30.2 Å². The van der Waals surface area contributed by atoms with Crippen LogP contribution >= 0.6 is 0 Å². The number of carboxylic acid groups (broad SMARTS) is 1. The summed E-state index contributed by atoms with van der Waals surface area (Å²) in [6, 6.07) is 3.74. The van der Waals surface area contributed by atoms with Gasteiger partial charge in [-0.15, -0.1) is 0 Å². The van der Waals surface area contributed by atoms with Crippen LogP contribution < -0.4 is 5.32 Å². The summed E-state index contributed by atoms with van der Waals surface area (Å²) in [5.41, 5.74) is 0.720. The molecule has 3 fully saturated rings. The van der Waals surface area contributed by atoms with Crippen LogP contribution in [0, 0.1) is 5.92 Å². The van der Waals surface area contributed by atoms with E-state index in [0.29, 0.717) is 41.9 Å². The molecule has 0 radical (unpaired) electrons. The lowest BCUT2D eigenvalue weighted by atomic mass is 9.95. The molecule has 0 spiro atoms. The van der Waals surface area contributed by atoms with Gasteiger partial charge in [0.2, 0.25) is 21.8 Å². The molecule has 1 unspecified atom stereocenters. The number of nitrogens with one attached hydrogen (secondary N) is 1. The number of aliphatic hydroxyl groups excluding tert-OH is 1. The van der Waals surface area contributed by atoms with Crippen molar-refractivity contribution in [2.24, 2.45) is 5.92 Å². The molecule has 14 nitrogen and oxygen atoms in total. The van der Waals surface area contributed by atoms with Crippen LogP contribution in [0.5, 0.6) is 0 Å². The number of carbonyl (C=O) groups excluding carboxylic acids is 2. The lowest BCUT2D eigenvalue weighted by Crippen LogP contribution is -2.47. The standard InChI is InChI=1S/C34H46F3N7O7S/c1-52(50,51)42-16-10-29-27(21-42)31(39-44(29)20-26(45)19-40-12-8-25(9-13-40)43-11-2-3-30(43)46)23-4-5-28(34(35,36)37)24(17-23)18-38-32(47)22-6-14-41(15-7-22)33(48)49/h4-5,17,22,25-26,45H,2-3,6-16,18-21H2,1H3,(H,38,47)(H,48,49). The van der Waals surface area contributed by atoms with Gasteiger partial charge in [0.1, 0.15) is 0 Å². The Morgan fingerprint density at radius 2 is 1.73 bits per heavy atom. The van der Waals surface area contributed by atoms with Crippen molar-refractivity contribution in [3.63, 3.8) is 0 Å². The molecule has 1 atom stereocenters. The van der Waals surface area contributed by atoms with Crippen LogP contribution in [-0.4, -0.2) is 130 Å². The number of aliphatic hydroxyl groups is 1. The number of fused-ring (bicyclic) bond motifs is 1. The van der Waals surface area contributed by atoms with Crippen molar-refractivity contribution in [2.75, 3.05) is 52.1 Å². The Hall–Kier alpha value is -3.74. The van der Waals surface area contributed by atoms with Crippen molar-refractivity contribution in [3.8, 4) is 11.3 Å². The fourth-order valence-electron chi connectivity index (χ4n) is 7.98. The Labute approximate surface area is 300 Å². The summed E-state index contributed by atoms with van der Waals surface area (Å²) in [5.74, 6) is -0.797. The molecule has 286 valence electrons. The molecule has 3 amide bonds. The van der Waals surface area contributed by atoms with Gasteiger partial charge in [-0.1, -0.05) is 6.07 Å². The van der Waals surface area contributed by atoms with E-state index in [1.165, 1.54) is 21.3 Å². The highest BCUT2D eigenvalue weighted by Gasteiger charge is 2.36. The molecule has 6 rings (SSSR count). The Bertz CT molecular complexity index is 1770. The largest absolute Gasteiger partial charge is 0.465 e. The molecule has 3 N–H and O–H groups in total. The van der Waals surface area contributed by atoms with Gasteiger partial charge in [-0.3, -0.25) is 14.3 Å². The predicted octanol–water partition coefficient (Wildman–Crippen LogP) is 2.34. The van der Waals surface area contributed by atoms with E-state index in [1.807, 2.05) is 4.90 Å². The van der Waals surface area contributed by atoms with Crippen molar-refractivity contribution >= 4 is 27.9 Å². The van der Waals surface area contributed by atoms with Crippen LogP contribution in [0.15, 0.2) is 18.2 Å². The fraction of sp³-hybridized carbons (Fsp3) is 0.647. The molecule has 18 heteroatoms. The Morgan fingerprint density at radius 1 is 1.02 bits per heavy atom. The van der Waals surface area contributed by atoms with Gasteiger partial charge in [0.15, 0.2) is 0 Å². The van der Waals surface area contributed by atoms with Gasteiger partial charge >= 0.3 is 12.3 Å². The third kappa shape index (κ3) is 8.55. The van der Waals surface area contributed by atoms with Crippen LogP contribution in [0.1, 0.15) is 60.9 Å². The lowest BCUT2D eigenvalue weighted by molar-refractivity contribution is -0.138. The second-order valence-corrected chi connectivity index (χ2v) is 16.3. The van der Waals surface area contributed by atoms with E-state index in [4.69, 9.17) is 5.10 Å². The van der Waals surface area contributed by atoms with Gasteiger partial charge in [-0.25, -0.2) is 13.2 Å². The number of rotatable bonds is 10. The monoisotopic (exact) mass is 753 g/mol. The topological polar surface area (TPSA) is 169 Å². The zero-order valence-electron chi connectivity index (χ0n) is 29.1. The molecule has 0 bridgehead atoms. The predicted molar refractivity (Wildman–Crippen MR) is 182 cm³/mol. The maximum Gasteiger partial charge on any atom is 0.416 e. The Balaban J connectivity index is 1.20. The molecule has 4 aliphatic rings. The van der Waals surface area contributed by atoms with E-state index in [2.05, 4.69) is 10.2 Å². The van der Waals surface area contributed by atoms with E-state index in [9.17, 15) is 46.2 Å². The van der Waals surface area contributed by atoms with E-state index >= 15 is 0 Å². The van der Waals surface area contributed by atoms with Gasteiger partial charge in [-0.05, 0) is 49.8 Å². The third-order valence-corrected chi connectivity index (χ3v) is 12.1. The first-order valence-electron chi connectivity index (χ1n) is 17.8. The second-order valence-electron chi connectivity index (χ2n) is 14.3. The number of piperidine rings is 2. The number of alkyl halides is 3. The molecule has 5 heterocycles. The Kier molecular flexibility index (Phi) is 11.2. The minimum absolute atomic E-state index is 0.0372. The van der Waals surface area contributed by atoms with E-state index in [0.717, 1.165) is 51.2 Å².